The average Bonchev–Trinajstić information content (AvgIpc) is 3.01. The maximum absolute atomic E-state index is 13.2. The molecule has 0 saturated heterocycles. The molecule has 3 rings (SSSR count). The fourth-order valence-corrected chi connectivity index (χ4v) is 3.46. The van der Waals surface area contributed by atoms with E-state index in [1.807, 2.05) is 55.7 Å². The first-order valence-electron chi connectivity index (χ1n) is 9.55. The van der Waals surface area contributed by atoms with E-state index >= 15 is 0 Å². The van der Waals surface area contributed by atoms with Crippen molar-refractivity contribution in [2.45, 2.75) is 33.1 Å². The molecule has 0 bridgehead atoms. The van der Waals surface area contributed by atoms with Crippen LogP contribution in [0.3, 0.4) is 0 Å². The minimum atomic E-state index is -0.401. The first kappa shape index (κ1) is 20.5. The topological polar surface area (TPSA) is 48.3 Å². The lowest BCUT2D eigenvalue weighted by Crippen LogP contribution is -2.16. The Balaban J connectivity index is 1.64. The van der Waals surface area contributed by atoms with Crippen molar-refractivity contribution in [2.75, 3.05) is 6.61 Å². The van der Waals surface area contributed by atoms with Crippen LogP contribution in [0.4, 0.5) is 4.39 Å². The van der Waals surface area contributed by atoms with Crippen LogP contribution in [-0.4, -0.2) is 22.9 Å². The first-order chi connectivity index (χ1) is 13.9. The van der Waals surface area contributed by atoms with Crippen LogP contribution in [0.15, 0.2) is 60.7 Å². The Morgan fingerprint density at radius 3 is 2.34 bits per heavy atom. The molecule has 5 heteroatoms. The number of ketones is 1. The molecule has 3 aromatic rings. The Labute approximate surface area is 169 Å². The average molecular weight is 393 g/mol. The third-order valence-electron chi connectivity index (χ3n) is 5.02. The number of esters is 1. The van der Waals surface area contributed by atoms with Crippen LogP contribution in [0.1, 0.15) is 46.6 Å². The minimum Gasteiger partial charge on any atom is -0.457 e. The van der Waals surface area contributed by atoms with Gasteiger partial charge in [-0.3, -0.25) is 9.59 Å². The maximum atomic E-state index is 13.2. The fourth-order valence-electron chi connectivity index (χ4n) is 3.46. The Kier molecular flexibility index (Phi) is 6.27. The van der Waals surface area contributed by atoms with Crippen molar-refractivity contribution in [1.82, 2.24) is 4.57 Å². The number of aromatic nitrogens is 1. The summed E-state index contributed by atoms with van der Waals surface area (Å²) in [6.45, 7) is 5.35. The number of benzene rings is 2. The summed E-state index contributed by atoms with van der Waals surface area (Å²) in [7, 11) is 0. The lowest BCUT2D eigenvalue weighted by Gasteiger charge is -2.11. The molecular formula is C24H24FNO3. The van der Waals surface area contributed by atoms with Crippen LogP contribution in [0.2, 0.25) is 0 Å². The van der Waals surface area contributed by atoms with Crippen LogP contribution >= 0.6 is 0 Å². The molecule has 150 valence electrons. The quantitative estimate of drug-likeness (QED) is 0.412. The van der Waals surface area contributed by atoms with E-state index in [2.05, 4.69) is 0 Å². The molecule has 0 aliphatic carbocycles. The molecule has 1 aromatic heterocycles. The zero-order valence-corrected chi connectivity index (χ0v) is 16.8. The summed E-state index contributed by atoms with van der Waals surface area (Å²) in [4.78, 5) is 24.8. The molecule has 1 heterocycles. The van der Waals surface area contributed by atoms with Crippen molar-refractivity contribution in [3.8, 4) is 5.69 Å². The number of nitrogens with zero attached hydrogens (tertiary/aromatic N) is 1. The summed E-state index contributed by atoms with van der Waals surface area (Å²) in [5.41, 5.74) is 3.90. The predicted molar refractivity (Wildman–Crippen MR) is 110 cm³/mol. The van der Waals surface area contributed by atoms with E-state index in [0.717, 1.165) is 22.6 Å². The van der Waals surface area contributed by atoms with Gasteiger partial charge in [-0.05, 0) is 55.7 Å². The van der Waals surface area contributed by atoms with E-state index in [1.54, 1.807) is 18.2 Å². The number of aryl methyl sites for hydroxylation is 1. The molecule has 0 fully saturated rings. The van der Waals surface area contributed by atoms with Crippen LogP contribution in [0.25, 0.3) is 5.69 Å². The number of carbonyl (C=O) groups is 2. The van der Waals surface area contributed by atoms with E-state index in [-0.39, 0.29) is 30.5 Å². The minimum absolute atomic E-state index is 0.0161. The number of halogens is 1. The van der Waals surface area contributed by atoms with E-state index in [1.165, 1.54) is 12.1 Å². The second kappa shape index (κ2) is 8.86. The van der Waals surface area contributed by atoms with Crippen molar-refractivity contribution >= 4 is 11.8 Å². The zero-order chi connectivity index (χ0) is 21.0. The van der Waals surface area contributed by atoms with Crippen molar-refractivity contribution in [2.24, 2.45) is 0 Å². The maximum Gasteiger partial charge on any atom is 0.306 e. The SMILES string of the molecule is Cc1cc(C(=O)COC(=O)C[C@H](C)c2ccccc2)c(C)n1-c1ccc(F)cc1. The number of hydrogen-bond donors (Lipinski definition) is 0. The first-order valence-corrected chi connectivity index (χ1v) is 9.55. The summed E-state index contributed by atoms with van der Waals surface area (Å²) >= 11 is 0. The van der Waals surface area contributed by atoms with Gasteiger partial charge in [0.05, 0.1) is 6.42 Å². The van der Waals surface area contributed by atoms with Gasteiger partial charge in [0.2, 0.25) is 5.78 Å². The van der Waals surface area contributed by atoms with Gasteiger partial charge in [-0.15, -0.1) is 0 Å². The van der Waals surface area contributed by atoms with Gasteiger partial charge in [-0.25, -0.2) is 4.39 Å². The molecule has 0 spiro atoms. The van der Waals surface area contributed by atoms with Crippen LogP contribution in [-0.2, 0) is 9.53 Å². The van der Waals surface area contributed by atoms with Gasteiger partial charge in [0.15, 0.2) is 6.61 Å². The summed E-state index contributed by atoms with van der Waals surface area (Å²) < 4.78 is 20.3. The van der Waals surface area contributed by atoms with Crippen LogP contribution in [0.5, 0.6) is 0 Å². The lowest BCUT2D eigenvalue weighted by atomic mass is 9.98. The molecular weight excluding hydrogens is 369 g/mol. The highest BCUT2D eigenvalue weighted by atomic mass is 19.1. The largest absolute Gasteiger partial charge is 0.457 e. The zero-order valence-electron chi connectivity index (χ0n) is 16.8. The number of ether oxygens (including phenoxy) is 1. The number of carbonyl (C=O) groups excluding carboxylic acids is 2. The van der Waals surface area contributed by atoms with Gasteiger partial charge in [-0.2, -0.15) is 0 Å². The van der Waals surface area contributed by atoms with E-state index < -0.39 is 5.97 Å². The molecule has 0 saturated carbocycles. The van der Waals surface area contributed by atoms with Gasteiger partial charge >= 0.3 is 5.97 Å². The van der Waals surface area contributed by atoms with Gasteiger partial charge in [0.25, 0.3) is 0 Å². The van der Waals surface area contributed by atoms with Gasteiger partial charge in [-0.1, -0.05) is 37.3 Å². The Morgan fingerprint density at radius 2 is 1.69 bits per heavy atom. The van der Waals surface area contributed by atoms with Gasteiger partial charge < -0.3 is 9.30 Å². The van der Waals surface area contributed by atoms with Gasteiger partial charge in [0, 0.05) is 22.6 Å². The van der Waals surface area contributed by atoms with E-state index in [0.29, 0.717) is 5.56 Å². The number of Topliss-reactive ketones (excluding diaryl/α,β-unsaturated/α-hetero) is 1. The second-order valence-electron chi connectivity index (χ2n) is 7.20. The summed E-state index contributed by atoms with van der Waals surface area (Å²) in [5, 5.41) is 0. The monoisotopic (exact) mass is 393 g/mol. The molecule has 1 atom stereocenters. The third-order valence-corrected chi connectivity index (χ3v) is 5.02. The molecule has 0 aliphatic rings. The molecule has 0 N–H and O–H groups in total. The smallest absolute Gasteiger partial charge is 0.306 e. The molecule has 0 radical (unpaired) electrons. The Bertz CT molecular complexity index is 1010. The van der Waals surface area contributed by atoms with Crippen LogP contribution < -0.4 is 0 Å². The van der Waals surface area contributed by atoms with Gasteiger partial charge in [0.1, 0.15) is 5.82 Å². The number of rotatable bonds is 7. The summed E-state index contributed by atoms with van der Waals surface area (Å²) in [6.07, 6.45) is 0.214. The fraction of sp³-hybridized carbons (Fsp3) is 0.250. The molecule has 4 nitrogen and oxygen atoms in total. The molecule has 0 aliphatic heterocycles. The highest BCUT2D eigenvalue weighted by Gasteiger charge is 2.19. The standard InChI is InChI=1S/C24H24FNO3/c1-16(19-7-5-4-6-8-19)13-24(28)29-15-23(27)22-14-17(2)26(18(22)3)21-11-9-20(25)10-12-21/h4-12,14,16H,13,15H2,1-3H3/t16-/m0/s1. The molecule has 2 aromatic carbocycles. The normalized spacial score (nSPS) is 11.9. The lowest BCUT2D eigenvalue weighted by molar-refractivity contribution is -0.142. The molecule has 0 unspecified atom stereocenters. The second-order valence-corrected chi connectivity index (χ2v) is 7.20. The number of hydrogen-bond acceptors (Lipinski definition) is 3. The van der Waals surface area contributed by atoms with Crippen LogP contribution in [0, 0.1) is 19.7 Å². The van der Waals surface area contributed by atoms with Crippen molar-refractivity contribution in [3.05, 3.63) is 89.0 Å². The van der Waals surface area contributed by atoms with Crippen molar-refractivity contribution in [1.29, 1.82) is 0 Å². The predicted octanol–water partition coefficient (Wildman–Crippen LogP) is 5.15. The van der Waals surface area contributed by atoms with E-state index in [9.17, 15) is 14.0 Å². The molecule has 0 amide bonds. The van der Waals surface area contributed by atoms with Crippen molar-refractivity contribution in [3.63, 3.8) is 0 Å². The van der Waals surface area contributed by atoms with Crippen molar-refractivity contribution < 1.29 is 18.7 Å². The Morgan fingerprint density at radius 1 is 1.03 bits per heavy atom. The third kappa shape index (κ3) is 4.80. The Hall–Kier alpha value is -3.21. The molecule has 29 heavy (non-hydrogen) atoms. The summed E-state index contributed by atoms with van der Waals surface area (Å²) in [5.74, 6) is -0.958. The highest BCUT2D eigenvalue weighted by Crippen LogP contribution is 2.22. The summed E-state index contributed by atoms with van der Waals surface area (Å²) in [6, 6.07) is 17.6. The van der Waals surface area contributed by atoms with E-state index in [4.69, 9.17) is 4.74 Å². The highest BCUT2D eigenvalue weighted by molar-refractivity contribution is 5.99.